The minimum atomic E-state index is 0.602. The van der Waals surface area contributed by atoms with Gasteiger partial charge in [0.2, 0.25) is 0 Å². The summed E-state index contributed by atoms with van der Waals surface area (Å²) in [5, 5.41) is 0. The van der Waals surface area contributed by atoms with Gasteiger partial charge in [-0.05, 0) is 37.5 Å². The van der Waals surface area contributed by atoms with Crippen LogP contribution in [0.25, 0.3) is 11.2 Å². The minimum Gasteiger partial charge on any atom is -0.313 e. The highest BCUT2D eigenvalue weighted by Crippen LogP contribution is 2.16. The number of alkyl halides is 1. The molecule has 0 fully saturated rings. The molecule has 0 N–H and O–H groups in total. The average molecular weight is 284 g/mol. The zero-order chi connectivity index (χ0) is 13.0. The number of imidazole rings is 1. The van der Waals surface area contributed by atoms with Gasteiger partial charge in [-0.1, -0.05) is 0 Å². The van der Waals surface area contributed by atoms with Crippen molar-refractivity contribution in [2.75, 3.05) is 17.9 Å². The summed E-state index contributed by atoms with van der Waals surface area (Å²) in [6.45, 7) is 2.99. The van der Waals surface area contributed by atoms with Crippen LogP contribution in [0, 0.1) is 6.92 Å². The summed E-state index contributed by atoms with van der Waals surface area (Å²) in [5.41, 5.74) is 3.01. The Hall–Kier alpha value is -0.740. The summed E-state index contributed by atoms with van der Waals surface area (Å²) in [4.78, 5) is 9.24. The predicted molar refractivity (Wildman–Crippen MR) is 79.7 cm³/mol. The Labute approximate surface area is 117 Å². The van der Waals surface area contributed by atoms with Crippen LogP contribution in [0.15, 0.2) is 12.1 Å². The fourth-order valence-electron chi connectivity index (χ4n) is 2.02. The Morgan fingerprint density at radius 1 is 1.33 bits per heavy atom. The molecule has 0 saturated carbocycles. The Balaban J connectivity index is 2.36. The van der Waals surface area contributed by atoms with E-state index in [1.807, 2.05) is 30.8 Å². The third kappa shape index (κ3) is 2.98. The number of thioether (sulfide) groups is 1. The first-order chi connectivity index (χ1) is 8.76. The molecule has 0 aliphatic rings. The lowest BCUT2D eigenvalue weighted by Gasteiger charge is -2.07. The van der Waals surface area contributed by atoms with Gasteiger partial charge in [0.15, 0.2) is 5.65 Å². The fourth-order valence-corrected chi connectivity index (χ4v) is 2.61. The van der Waals surface area contributed by atoms with Crippen LogP contribution in [-0.2, 0) is 13.0 Å². The highest BCUT2D eigenvalue weighted by atomic mass is 35.5. The van der Waals surface area contributed by atoms with Crippen molar-refractivity contribution < 1.29 is 0 Å². The van der Waals surface area contributed by atoms with Gasteiger partial charge < -0.3 is 4.57 Å². The van der Waals surface area contributed by atoms with E-state index in [0.29, 0.717) is 5.88 Å². The number of hydrogen-bond acceptors (Lipinski definition) is 3. The van der Waals surface area contributed by atoms with Crippen LogP contribution in [0.3, 0.4) is 0 Å². The molecule has 0 amide bonds. The first kappa shape index (κ1) is 13.7. The van der Waals surface area contributed by atoms with Crippen LogP contribution in [0.5, 0.6) is 0 Å². The molecule has 0 spiro atoms. The normalized spacial score (nSPS) is 11.3. The van der Waals surface area contributed by atoms with Crippen molar-refractivity contribution in [1.82, 2.24) is 14.5 Å². The topological polar surface area (TPSA) is 30.7 Å². The lowest BCUT2D eigenvalue weighted by atomic mass is 10.3. The molecule has 98 valence electrons. The van der Waals surface area contributed by atoms with Crippen LogP contribution in [-0.4, -0.2) is 32.4 Å². The molecule has 0 saturated heterocycles. The summed E-state index contributed by atoms with van der Waals surface area (Å²) >= 11 is 7.72. The van der Waals surface area contributed by atoms with Crippen molar-refractivity contribution in [3.63, 3.8) is 0 Å². The monoisotopic (exact) mass is 283 g/mol. The van der Waals surface area contributed by atoms with Crippen LogP contribution >= 0.6 is 23.4 Å². The van der Waals surface area contributed by atoms with Crippen molar-refractivity contribution >= 4 is 34.5 Å². The second kappa shape index (κ2) is 6.43. The number of hydrogen-bond donors (Lipinski definition) is 0. The van der Waals surface area contributed by atoms with Crippen molar-refractivity contribution in [3.05, 3.63) is 23.7 Å². The summed E-state index contributed by atoms with van der Waals surface area (Å²) in [7, 11) is 0. The van der Waals surface area contributed by atoms with Gasteiger partial charge in [-0.25, -0.2) is 9.97 Å². The van der Waals surface area contributed by atoms with Gasteiger partial charge >= 0.3 is 0 Å². The molecule has 0 radical (unpaired) electrons. The lowest BCUT2D eigenvalue weighted by Crippen LogP contribution is -2.06. The Morgan fingerprint density at radius 2 is 2.17 bits per heavy atom. The molecule has 2 aromatic heterocycles. The summed E-state index contributed by atoms with van der Waals surface area (Å²) in [6, 6.07) is 4.05. The van der Waals surface area contributed by atoms with E-state index < -0.39 is 0 Å². The Kier molecular flexibility index (Phi) is 4.89. The molecule has 3 nitrogen and oxygen atoms in total. The summed E-state index contributed by atoms with van der Waals surface area (Å²) in [5.74, 6) is 2.82. The third-order valence-electron chi connectivity index (χ3n) is 2.86. The lowest BCUT2D eigenvalue weighted by molar-refractivity contribution is 0.659. The minimum absolute atomic E-state index is 0.602. The number of aryl methyl sites for hydroxylation is 3. The highest BCUT2D eigenvalue weighted by Gasteiger charge is 2.11. The molecule has 0 aliphatic carbocycles. The van der Waals surface area contributed by atoms with E-state index in [0.717, 1.165) is 47.8 Å². The number of rotatable bonds is 6. The maximum absolute atomic E-state index is 5.85. The van der Waals surface area contributed by atoms with Gasteiger partial charge in [0.1, 0.15) is 11.3 Å². The smallest absolute Gasteiger partial charge is 0.160 e. The molecular formula is C13H18ClN3S. The van der Waals surface area contributed by atoms with Crippen molar-refractivity contribution in [3.8, 4) is 0 Å². The number of nitrogens with zero attached hydrogens (tertiary/aromatic N) is 3. The predicted octanol–water partition coefficient (Wildman–Crippen LogP) is 3.27. The zero-order valence-corrected chi connectivity index (χ0v) is 12.4. The van der Waals surface area contributed by atoms with Gasteiger partial charge in [0.25, 0.3) is 0 Å². The van der Waals surface area contributed by atoms with E-state index in [9.17, 15) is 0 Å². The maximum atomic E-state index is 5.85. The number of halogens is 1. The van der Waals surface area contributed by atoms with E-state index in [2.05, 4.69) is 20.8 Å². The van der Waals surface area contributed by atoms with Crippen molar-refractivity contribution in [1.29, 1.82) is 0 Å². The number of aromatic nitrogens is 3. The van der Waals surface area contributed by atoms with Crippen molar-refractivity contribution in [2.45, 2.75) is 26.3 Å². The summed E-state index contributed by atoms with van der Waals surface area (Å²) < 4.78 is 2.22. The maximum Gasteiger partial charge on any atom is 0.160 e. The van der Waals surface area contributed by atoms with Crippen LogP contribution in [0.2, 0.25) is 0 Å². The van der Waals surface area contributed by atoms with Crippen LogP contribution in [0.1, 0.15) is 17.9 Å². The van der Waals surface area contributed by atoms with Gasteiger partial charge in [-0.15, -0.1) is 11.6 Å². The molecule has 2 aromatic rings. The molecule has 5 heteroatoms. The first-order valence-corrected chi connectivity index (χ1v) is 8.06. The second-order valence-corrected chi connectivity index (χ2v) is 5.62. The van der Waals surface area contributed by atoms with E-state index in [-0.39, 0.29) is 0 Å². The third-order valence-corrected chi connectivity index (χ3v) is 3.74. The van der Waals surface area contributed by atoms with E-state index in [1.54, 1.807) is 0 Å². The second-order valence-electron chi connectivity index (χ2n) is 4.26. The molecule has 0 bridgehead atoms. The van der Waals surface area contributed by atoms with Crippen LogP contribution in [0.4, 0.5) is 0 Å². The number of fused-ring (bicyclic) bond motifs is 1. The quantitative estimate of drug-likeness (QED) is 0.602. The largest absolute Gasteiger partial charge is 0.313 e. The molecule has 18 heavy (non-hydrogen) atoms. The molecular weight excluding hydrogens is 266 g/mol. The van der Waals surface area contributed by atoms with Gasteiger partial charge in [-0.3, -0.25) is 0 Å². The highest BCUT2D eigenvalue weighted by molar-refractivity contribution is 7.98. The molecule has 2 heterocycles. The summed E-state index contributed by atoms with van der Waals surface area (Å²) in [6.07, 6.45) is 4.07. The van der Waals surface area contributed by atoms with Gasteiger partial charge in [-0.2, -0.15) is 11.8 Å². The van der Waals surface area contributed by atoms with Gasteiger partial charge in [0, 0.05) is 24.5 Å². The Bertz CT molecular complexity index is 524. The zero-order valence-electron chi connectivity index (χ0n) is 10.8. The van der Waals surface area contributed by atoms with Crippen LogP contribution < -0.4 is 0 Å². The number of pyridine rings is 1. The molecule has 0 unspecified atom stereocenters. The SMILES string of the molecule is CSCCCn1c(CCCl)nc2ccc(C)nc21. The standard InChI is InChI=1S/C13H18ClN3S/c1-10-4-5-11-13(15-10)17(8-3-9-18-2)12(16-11)6-7-14/h4-5H,3,6-9H2,1-2H3. The molecule has 0 aromatic carbocycles. The van der Waals surface area contributed by atoms with E-state index in [1.165, 1.54) is 0 Å². The fraction of sp³-hybridized carbons (Fsp3) is 0.538. The molecule has 0 aliphatic heterocycles. The Morgan fingerprint density at radius 3 is 2.89 bits per heavy atom. The van der Waals surface area contributed by atoms with Crippen molar-refractivity contribution in [2.24, 2.45) is 0 Å². The van der Waals surface area contributed by atoms with E-state index in [4.69, 9.17) is 11.6 Å². The average Bonchev–Trinajstić information content (AvgIpc) is 2.68. The molecule has 2 rings (SSSR count). The first-order valence-electron chi connectivity index (χ1n) is 6.14. The van der Waals surface area contributed by atoms with E-state index >= 15 is 0 Å². The molecule has 0 atom stereocenters. The van der Waals surface area contributed by atoms with Gasteiger partial charge in [0.05, 0.1) is 0 Å².